The van der Waals surface area contributed by atoms with Gasteiger partial charge in [-0.05, 0) is 19.4 Å². The molecule has 4 atom stereocenters. The average Bonchev–Trinajstić information content (AvgIpc) is 3.22. The fourth-order valence-corrected chi connectivity index (χ4v) is 4.05. The number of halogens is 3. The largest absolute Gasteiger partial charge is 0.417 e. The Balaban J connectivity index is 1.60. The number of hydrogen-bond donors (Lipinski definition) is 5. The van der Waals surface area contributed by atoms with E-state index in [1.807, 2.05) is 0 Å². The van der Waals surface area contributed by atoms with Gasteiger partial charge in [-0.2, -0.15) is 13.2 Å². The monoisotopic (exact) mass is 389 g/mol. The average molecular weight is 389 g/mol. The number of aromatic nitrogens is 2. The van der Waals surface area contributed by atoms with Crippen LogP contribution in [0.15, 0.2) is 17.6 Å². The van der Waals surface area contributed by atoms with E-state index >= 15 is 0 Å². The van der Waals surface area contributed by atoms with E-state index in [0.717, 1.165) is 22.5 Å². The highest BCUT2D eigenvalue weighted by atomic mass is 32.1. The molecule has 3 rings (SSSR count). The number of aliphatic hydroxyl groups is 1. The standard InChI is InChI=1S/C16H22F3N5OS/c1-8-21-5-13(24-8)14(25)6-23-11-3-12(22-4-10(11)20)15-2-9(7-26-15)16(17,18)19/h2,5,7,10-12,14,22-23,25H,3-4,6,20H2,1H3,(H,21,24). The molecule has 6 N–H and O–H groups in total. The molecular formula is C16H22F3N5OS. The van der Waals surface area contributed by atoms with E-state index in [1.165, 1.54) is 6.07 Å². The van der Waals surface area contributed by atoms with Crippen molar-refractivity contribution in [2.75, 3.05) is 13.1 Å². The van der Waals surface area contributed by atoms with E-state index in [0.29, 0.717) is 23.5 Å². The summed E-state index contributed by atoms with van der Waals surface area (Å²) in [7, 11) is 0. The van der Waals surface area contributed by atoms with Crippen LogP contribution in [0.3, 0.4) is 0 Å². The summed E-state index contributed by atoms with van der Waals surface area (Å²) >= 11 is 1.10. The van der Waals surface area contributed by atoms with Gasteiger partial charge >= 0.3 is 6.18 Å². The van der Waals surface area contributed by atoms with Crippen molar-refractivity contribution in [2.45, 2.75) is 43.8 Å². The van der Waals surface area contributed by atoms with Gasteiger partial charge in [-0.1, -0.05) is 0 Å². The molecule has 1 aliphatic rings. The maximum atomic E-state index is 12.8. The van der Waals surface area contributed by atoms with Crippen molar-refractivity contribution in [1.82, 2.24) is 20.6 Å². The lowest BCUT2D eigenvalue weighted by molar-refractivity contribution is -0.137. The number of nitrogens with one attached hydrogen (secondary N) is 3. The van der Waals surface area contributed by atoms with Gasteiger partial charge in [0, 0.05) is 41.5 Å². The Morgan fingerprint density at radius 2 is 2.27 bits per heavy atom. The number of aromatic amines is 1. The summed E-state index contributed by atoms with van der Waals surface area (Å²) in [6.07, 6.45) is -2.95. The fourth-order valence-electron chi connectivity index (χ4n) is 3.05. The topological polar surface area (TPSA) is 99.0 Å². The Hall–Kier alpha value is -1.46. The van der Waals surface area contributed by atoms with Crippen molar-refractivity contribution in [3.63, 3.8) is 0 Å². The maximum Gasteiger partial charge on any atom is 0.417 e. The molecule has 2 aromatic heterocycles. The molecule has 3 heterocycles. The second-order valence-corrected chi connectivity index (χ2v) is 7.49. The van der Waals surface area contributed by atoms with Crippen LogP contribution < -0.4 is 16.4 Å². The van der Waals surface area contributed by atoms with E-state index in [1.54, 1.807) is 13.1 Å². The molecule has 6 nitrogen and oxygen atoms in total. The van der Waals surface area contributed by atoms with Crippen molar-refractivity contribution >= 4 is 11.3 Å². The molecule has 0 saturated carbocycles. The van der Waals surface area contributed by atoms with Crippen molar-refractivity contribution in [3.05, 3.63) is 39.6 Å². The van der Waals surface area contributed by atoms with Crippen LogP contribution in [-0.4, -0.2) is 40.2 Å². The first-order valence-corrected chi connectivity index (χ1v) is 9.19. The molecule has 4 unspecified atom stereocenters. The minimum absolute atomic E-state index is 0.114. The maximum absolute atomic E-state index is 12.8. The molecule has 0 amide bonds. The number of H-pyrrole nitrogens is 1. The minimum atomic E-state index is -4.33. The Labute approximate surface area is 153 Å². The summed E-state index contributed by atoms with van der Waals surface area (Å²) < 4.78 is 38.4. The number of nitrogens with two attached hydrogens (primary N) is 1. The Morgan fingerprint density at radius 1 is 1.50 bits per heavy atom. The number of piperidine rings is 1. The second kappa shape index (κ2) is 7.65. The summed E-state index contributed by atoms with van der Waals surface area (Å²) in [6.45, 7) is 2.57. The van der Waals surface area contributed by atoms with E-state index < -0.39 is 17.8 Å². The fraction of sp³-hybridized carbons (Fsp3) is 0.562. The van der Waals surface area contributed by atoms with E-state index in [4.69, 9.17) is 5.73 Å². The van der Waals surface area contributed by atoms with Crippen LogP contribution >= 0.6 is 11.3 Å². The predicted molar refractivity (Wildman–Crippen MR) is 92.7 cm³/mol. The SMILES string of the molecule is Cc1ncc(C(O)CNC2CC(c3cc(C(F)(F)F)cs3)NCC2N)[nH]1. The summed E-state index contributed by atoms with van der Waals surface area (Å²) in [5.74, 6) is 0.718. The predicted octanol–water partition coefficient (Wildman–Crippen LogP) is 1.85. The number of aliphatic hydroxyl groups excluding tert-OH is 1. The molecule has 0 radical (unpaired) electrons. The van der Waals surface area contributed by atoms with Crippen LogP contribution in [0.5, 0.6) is 0 Å². The molecule has 26 heavy (non-hydrogen) atoms. The smallest absolute Gasteiger partial charge is 0.385 e. The van der Waals surface area contributed by atoms with Gasteiger partial charge in [0.1, 0.15) is 11.9 Å². The molecule has 0 spiro atoms. The molecule has 0 aromatic carbocycles. The third-order valence-electron chi connectivity index (χ3n) is 4.55. The van der Waals surface area contributed by atoms with Crippen LogP contribution in [0.1, 0.15) is 40.5 Å². The lowest BCUT2D eigenvalue weighted by atomic mass is 9.94. The molecule has 1 saturated heterocycles. The molecule has 0 aliphatic carbocycles. The van der Waals surface area contributed by atoms with E-state index in [2.05, 4.69) is 20.6 Å². The first-order valence-electron chi connectivity index (χ1n) is 8.31. The number of nitrogens with zero attached hydrogens (tertiary/aromatic N) is 1. The second-order valence-electron chi connectivity index (χ2n) is 6.55. The zero-order valence-electron chi connectivity index (χ0n) is 14.2. The van der Waals surface area contributed by atoms with Crippen molar-refractivity contribution < 1.29 is 18.3 Å². The zero-order valence-corrected chi connectivity index (χ0v) is 15.0. The number of imidazole rings is 1. The van der Waals surface area contributed by atoms with Gasteiger partial charge in [0.25, 0.3) is 0 Å². The summed E-state index contributed by atoms with van der Waals surface area (Å²) in [6, 6.07) is 0.693. The number of alkyl halides is 3. The van der Waals surface area contributed by atoms with Crippen LogP contribution in [-0.2, 0) is 6.18 Å². The van der Waals surface area contributed by atoms with Gasteiger partial charge in [0.05, 0.1) is 17.5 Å². The number of aryl methyl sites for hydroxylation is 1. The van der Waals surface area contributed by atoms with Gasteiger partial charge in [0.15, 0.2) is 0 Å². The lowest BCUT2D eigenvalue weighted by Crippen LogP contribution is -2.56. The van der Waals surface area contributed by atoms with Gasteiger partial charge in [-0.15, -0.1) is 11.3 Å². The molecule has 1 aliphatic heterocycles. The van der Waals surface area contributed by atoms with E-state index in [9.17, 15) is 18.3 Å². The van der Waals surface area contributed by atoms with Gasteiger partial charge in [-0.3, -0.25) is 0 Å². The third kappa shape index (κ3) is 4.44. The first kappa shape index (κ1) is 19.3. The summed E-state index contributed by atoms with van der Waals surface area (Å²) in [4.78, 5) is 7.67. The number of thiophene rings is 1. The van der Waals surface area contributed by atoms with Gasteiger partial charge < -0.3 is 26.5 Å². The van der Waals surface area contributed by atoms with Gasteiger partial charge in [0.2, 0.25) is 0 Å². The Bertz CT molecular complexity index is 732. The molecule has 0 bridgehead atoms. The molecule has 2 aromatic rings. The highest BCUT2D eigenvalue weighted by Gasteiger charge is 2.34. The van der Waals surface area contributed by atoms with Crippen LogP contribution in [0, 0.1) is 6.92 Å². The Kier molecular flexibility index (Phi) is 5.68. The van der Waals surface area contributed by atoms with Crippen molar-refractivity contribution in [3.8, 4) is 0 Å². The highest BCUT2D eigenvalue weighted by Crippen LogP contribution is 2.36. The number of rotatable bonds is 5. The zero-order chi connectivity index (χ0) is 18.9. The molecule has 144 valence electrons. The van der Waals surface area contributed by atoms with Crippen molar-refractivity contribution in [2.24, 2.45) is 5.73 Å². The molecule has 10 heteroatoms. The van der Waals surface area contributed by atoms with E-state index in [-0.39, 0.29) is 24.7 Å². The summed E-state index contributed by atoms with van der Waals surface area (Å²) in [5, 5.41) is 17.8. The highest BCUT2D eigenvalue weighted by molar-refractivity contribution is 7.10. The quantitative estimate of drug-likeness (QED) is 0.538. The van der Waals surface area contributed by atoms with Crippen LogP contribution in [0.25, 0.3) is 0 Å². The normalized spacial score (nSPS) is 25.4. The minimum Gasteiger partial charge on any atom is -0.385 e. The Morgan fingerprint density at radius 3 is 2.88 bits per heavy atom. The van der Waals surface area contributed by atoms with Crippen molar-refractivity contribution in [1.29, 1.82) is 0 Å². The van der Waals surface area contributed by atoms with Crippen LogP contribution in [0.2, 0.25) is 0 Å². The summed E-state index contributed by atoms with van der Waals surface area (Å²) in [5.41, 5.74) is 6.11. The van der Waals surface area contributed by atoms with Crippen LogP contribution in [0.4, 0.5) is 13.2 Å². The number of hydrogen-bond acceptors (Lipinski definition) is 6. The molecule has 1 fully saturated rings. The molecular weight excluding hydrogens is 367 g/mol. The lowest BCUT2D eigenvalue weighted by Gasteiger charge is -2.35. The van der Waals surface area contributed by atoms with Gasteiger partial charge in [-0.25, -0.2) is 4.98 Å². The third-order valence-corrected chi connectivity index (χ3v) is 5.60. The first-order chi connectivity index (χ1) is 12.2.